The van der Waals surface area contributed by atoms with Gasteiger partial charge in [-0.1, -0.05) is 13.8 Å². The number of nitrogens with one attached hydrogen (secondary N) is 2. The van der Waals surface area contributed by atoms with Crippen LogP contribution in [0.5, 0.6) is 0 Å². The summed E-state index contributed by atoms with van der Waals surface area (Å²) in [5.41, 5.74) is 8.30. The number of nitrogens with two attached hydrogens (primary N) is 1. The lowest BCUT2D eigenvalue weighted by Crippen LogP contribution is -2.51. The van der Waals surface area contributed by atoms with Gasteiger partial charge >= 0.3 is 6.09 Å². The molecular formula is C31H44N6O4S. The molecule has 0 saturated carbocycles. The van der Waals surface area contributed by atoms with Gasteiger partial charge in [0.2, 0.25) is 0 Å². The van der Waals surface area contributed by atoms with Crippen LogP contribution in [0.4, 0.5) is 16.2 Å². The third-order valence-electron chi connectivity index (χ3n) is 7.91. The number of pyridine rings is 1. The van der Waals surface area contributed by atoms with Crippen LogP contribution in [0.2, 0.25) is 0 Å². The van der Waals surface area contributed by atoms with Crippen molar-refractivity contribution in [3.05, 3.63) is 57.5 Å². The zero-order chi connectivity index (χ0) is 30.5. The van der Waals surface area contributed by atoms with Gasteiger partial charge in [-0.05, 0) is 76.3 Å². The summed E-state index contributed by atoms with van der Waals surface area (Å²) in [6.07, 6.45) is 4.13. The summed E-state index contributed by atoms with van der Waals surface area (Å²) >= 11 is 1.87. The van der Waals surface area contributed by atoms with Gasteiger partial charge in [-0.15, -0.1) is 0 Å². The maximum atomic E-state index is 13.2. The number of rotatable bonds is 7. The fourth-order valence-corrected chi connectivity index (χ4v) is 6.32. The normalized spacial score (nSPS) is 17.6. The summed E-state index contributed by atoms with van der Waals surface area (Å²) in [4.78, 5) is 49.8. The van der Waals surface area contributed by atoms with Gasteiger partial charge < -0.3 is 30.6 Å². The Labute approximate surface area is 252 Å². The Morgan fingerprint density at radius 1 is 1.10 bits per heavy atom. The number of aromatic nitrogens is 1. The van der Waals surface area contributed by atoms with Crippen molar-refractivity contribution in [1.29, 1.82) is 0 Å². The predicted molar refractivity (Wildman–Crippen MR) is 170 cm³/mol. The standard InChI is InChI=1S/C31H44N6O4S/c1-6-21-20-22(8-9-23(21)28(39)36-16-18-42-19-17-36)34-26(32)25-24(10-13-33-27(25)38)35-31(7-2)11-14-37(15-12-31)29(40)41-30(3,4)5/h8-10,13,20H,6-7,11-12,14-19H2,1-5H3,(H2,32,34)(H2,33,35,38). The summed E-state index contributed by atoms with van der Waals surface area (Å²) in [6.45, 7) is 12.3. The number of carbonyl (C=O) groups is 2. The summed E-state index contributed by atoms with van der Waals surface area (Å²) < 4.78 is 5.55. The number of anilines is 1. The first kappa shape index (κ1) is 31.5. The number of piperidine rings is 1. The highest BCUT2D eigenvalue weighted by Gasteiger charge is 2.36. The summed E-state index contributed by atoms with van der Waals surface area (Å²) in [5, 5.41) is 3.60. The molecule has 11 heteroatoms. The molecule has 228 valence electrons. The number of aryl methyl sites for hydroxylation is 1. The monoisotopic (exact) mass is 596 g/mol. The minimum Gasteiger partial charge on any atom is -0.444 e. The lowest BCUT2D eigenvalue weighted by Gasteiger charge is -2.43. The van der Waals surface area contributed by atoms with Crippen LogP contribution in [0.25, 0.3) is 0 Å². The zero-order valence-electron chi connectivity index (χ0n) is 25.4. The van der Waals surface area contributed by atoms with Crippen molar-refractivity contribution in [1.82, 2.24) is 14.8 Å². The number of thioether (sulfide) groups is 1. The van der Waals surface area contributed by atoms with Gasteiger partial charge in [-0.25, -0.2) is 9.79 Å². The predicted octanol–water partition coefficient (Wildman–Crippen LogP) is 4.75. The van der Waals surface area contributed by atoms with Gasteiger partial charge in [0.25, 0.3) is 11.5 Å². The summed E-state index contributed by atoms with van der Waals surface area (Å²) in [7, 11) is 0. The van der Waals surface area contributed by atoms with Crippen LogP contribution in [-0.4, -0.2) is 81.4 Å². The van der Waals surface area contributed by atoms with Crippen molar-refractivity contribution >= 4 is 41.0 Å². The van der Waals surface area contributed by atoms with E-state index in [1.54, 1.807) is 23.2 Å². The molecule has 2 aliphatic heterocycles. The Bertz CT molecular complexity index is 1370. The number of amidine groups is 1. The number of ether oxygens (including phenoxy) is 1. The molecule has 2 aliphatic rings. The summed E-state index contributed by atoms with van der Waals surface area (Å²) in [5.74, 6) is 2.04. The smallest absolute Gasteiger partial charge is 0.410 e. The van der Waals surface area contributed by atoms with Gasteiger partial charge in [0.05, 0.1) is 11.4 Å². The van der Waals surface area contributed by atoms with E-state index in [4.69, 9.17) is 10.5 Å². The second-order valence-corrected chi connectivity index (χ2v) is 13.1. The van der Waals surface area contributed by atoms with Crippen molar-refractivity contribution in [2.24, 2.45) is 10.7 Å². The number of hydrogen-bond acceptors (Lipinski definition) is 7. The van der Waals surface area contributed by atoms with Crippen molar-refractivity contribution < 1.29 is 14.3 Å². The van der Waals surface area contributed by atoms with Crippen molar-refractivity contribution in [2.75, 3.05) is 43.0 Å². The first-order chi connectivity index (χ1) is 19.9. The number of aromatic amines is 1. The van der Waals surface area contributed by atoms with E-state index < -0.39 is 5.60 Å². The van der Waals surface area contributed by atoms with E-state index in [1.165, 1.54) is 0 Å². The first-order valence-electron chi connectivity index (χ1n) is 14.8. The molecule has 0 radical (unpaired) electrons. The van der Waals surface area contributed by atoms with E-state index in [2.05, 4.69) is 22.2 Å². The second kappa shape index (κ2) is 13.2. The molecule has 0 aliphatic carbocycles. The molecular weight excluding hydrogens is 552 g/mol. The highest BCUT2D eigenvalue weighted by atomic mass is 32.2. The van der Waals surface area contributed by atoms with Crippen LogP contribution in [-0.2, 0) is 11.2 Å². The van der Waals surface area contributed by atoms with Gasteiger partial charge in [0, 0.05) is 55.0 Å². The number of aliphatic imine (C=N–C) groups is 1. The Morgan fingerprint density at radius 3 is 2.40 bits per heavy atom. The van der Waals surface area contributed by atoms with Gasteiger partial charge in [-0.2, -0.15) is 11.8 Å². The fraction of sp³-hybridized carbons (Fsp3) is 0.548. The minimum absolute atomic E-state index is 0.0456. The van der Waals surface area contributed by atoms with Crippen molar-refractivity contribution in [2.45, 2.75) is 71.4 Å². The second-order valence-electron chi connectivity index (χ2n) is 11.9. The summed E-state index contributed by atoms with van der Waals surface area (Å²) in [6, 6.07) is 7.27. The van der Waals surface area contributed by atoms with Gasteiger partial charge in [0.1, 0.15) is 17.0 Å². The van der Waals surface area contributed by atoms with Crippen molar-refractivity contribution in [3.8, 4) is 0 Å². The molecule has 4 rings (SSSR count). The molecule has 0 spiro atoms. The zero-order valence-corrected chi connectivity index (χ0v) is 26.2. The molecule has 2 aromatic rings. The molecule has 2 saturated heterocycles. The Hall–Kier alpha value is -3.47. The van der Waals surface area contributed by atoms with Gasteiger partial charge in [-0.3, -0.25) is 9.59 Å². The van der Waals surface area contributed by atoms with Crippen LogP contribution >= 0.6 is 11.8 Å². The molecule has 1 aromatic heterocycles. The van der Waals surface area contributed by atoms with Crippen LogP contribution in [0.15, 0.2) is 40.2 Å². The van der Waals surface area contributed by atoms with E-state index in [-0.39, 0.29) is 34.5 Å². The third kappa shape index (κ3) is 7.48. The number of benzene rings is 1. The SMILES string of the molecule is CCc1cc(N=C(N)c2c(NC3(CC)CCN(C(=O)OC(C)(C)C)CC3)cc[nH]c2=O)ccc1C(=O)N1CCSCC1. The van der Waals surface area contributed by atoms with E-state index in [1.807, 2.05) is 56.5 Å². The molecule has 0 unspecified atom stereocenters. The highest BCUT2D eigenvalue weighted by Crippen LogP contribution is 2.32. The number of carbonyl (C=O) groups excluding carboxylic acids is 2. The van der Waals surface area contributed by atoms with Crippen LogP contribution in [0.1, 0.15) is 75.4 Å². The third-order valence-corrected chi connectivity index (χ3v) is 8.86. The average molecular weight is 597 g/mol. The molecule has 4 N–H and O–H groups in total. The average Bonchev–Trinajstić information content (AvgIpc) is 2.96. The Kier molecular flexibility index (Phi) is 9.91. The highest BCUT2D eigenvalue weighted by molar-refractivity contribution is 7.99. The fourth-order valence-electron chi connectivity index (χ4n) is 5.42. The van der Waals surface area contributed by atoms with E-state index >= 15 is 0 Å². The topological polar surface area (TPSA) is 133 Å². The van der Waals surface area contributed by atoms with Crippen LogP contribution in [0.3, 0.4) is 0 Å². The van der Waals surface area contributed by atoms with E-state index in [0.717, 1.165) is 36.6 Å². The number of amides is 2. The largest absolute Gasteiger partial charge is 0.444 e. The molecule has 42 heavy (non-hydrogen) atoms. The van der Waals surface area contributed by atoms with Crippen LogP contribution < -0.4 is 16.6 Å². The molecule has 1 aromatic carbocycles. The maximum Gasteiger partial charge on any atom is 0.410 e. The van der Waals surface area contributed by atoms with Crippen molar-refractivity contribution in [3.63, 3.8) is 0 Å². The lowest BCUT2D eigenvalue weighted by atomic mass is 9.84. The maximum absolute atomic E-state index is 13.2. The number of H-pyrrole nitrogens is 1. The number of nitrogens with zero attached hydrogens (tertiary/aromatic N) is 3. The number of hydrogen-bond donors (Lipinski definition) is 3. The molecule has 10 nitrogen and oxygen atoms in total. The molecule has 0 bridgehead atoms. The van der Waals surface area contributed by atoms with E-state index in [9.17, 15) is 14.4 Å². The molecule has 3 heterocycles. The molecule has 2 amide bonds. The Morgan fingerprint density at radius 2 is 1.79 bits per heavy atom. The molecule has 0 atom stereocenters. The van der Waals surface area contributed by atoms with E-state index in [0.29, 0.717) is 49.3 Å². The number of likely N-dealkylation sites (tertiary alicyclic amines) is 1. The molecule has 2 fully saturated rings. The minimum atomic E-state index is -0.550. The Balaban J connectivity index is 1.55. The first-order valence-corrected chi connectivity index (χ1v) is 15.9. The van der Waals surface area contributed by atoms with Gasteiger partial charge in [0.15, 0.2) is 0 Å². The quantitative estimate of drug-likeness (QED) is 0.310. The van der Waals surface area contributed by atoms with Crippen LogP contribution in [0, 0.1) is 0 Å². The lowest BCUT2D eigenvalue weighted by molar-refractivity contribution is 0.0176.